The summed E-state index contributed by atoms with van der Waals surface area (Å²) in [5.41, 5.74) is 0. The van der Waals surface area contributed by atoms with Crippen molar-refractivity contribution in [1.82, 2.24) is 9.80 Å². The molecule has 2 aromatic carbocycles. The zero-order valence-electron chi connectivity index (χ0n) is 17.2. The van der Waals surface area contributed by atoms with Gasteiger partial charge in [-0.3, -0.25) is 9.59 Å². The number of benzene rings is 2. The number of para-hydroxylation sites is 2. The molecule has 1 fully saturated rings. The maximum Gasteiger partial charge on any atom is 0.267 e. The molecule has 1 atom stereocenters. The zero-order chi connectivity index (χ0) is 21.6. The smallest absolute Gasteiger partial charge is 0.267 e. The highest BCUT2D eigenvalue weighted by atomic mass is 79.9. The predicted octanol–water partition coefficient (Wildman–Crippen LogP) is 3.12. The van der Waals surface area contributed by atoms with Gasteiger partial charge in [0.15, 0.2) is 11.5 Å². The van der Waals surface area contributed by atoms with Gasteiger partial charge in [0.2, 0.25) is 12.0 Å². The van der Waals surface area contributed by atoms with E-state index in [2.05, 4.69) is 15.9 Å². The van der Waals surface area contributed by atoms with Gasteiger partial charge in [0.25, 0.3) is 5.91 Å². The van der Waals surface area contributed by atoms with Crippen molar-refractivity contribution in [3.63, 3.8) is 0 Å². The first-order chi connectivity index (χ1) is 15.1. The van der Waals surface area contributed by atoms with Crippen LogP contribution in [0.2, 0.25) is 0 Å². The van der Waals surface area contributed by atoms with Crippen LogP contribution in [0.25, 0.3) is 0 Å². The number of nitrogens with zero attached hydrogens (tertiary/aromatic N) is 2. The molecule has 164 valence electrons. The van der Waals surface area contributed by atoms with Gasteiger partial charge in [-0.25, -0.2) is 0 Å². The topological polar surface area (TPSA) is 68.3 Å². The first kappa shape index (κ1) is 21.5. The second kappa shape index (κ2) is 10.0. The summed E-state index contributed by atoms with van der Waals surface area (Å²) in [6.07, 6.45) is 0.433. The monoisotopic (exact) mass is 488 g/mol. The Morgan fingerprint density at radius 1 is 1.00 bits per heavy atom. The fourth-order valence-corrected chi connectivity index (χ4v) is 4.03. The number of carbonyl (C=O) groups excluding carboxylic acids is 2. The van der Waals surface area contributed by atoms with Crippen LogP contribution in [0.15, 0.2) is 53.0 Å². The molecule has 0 aliphatic carbocycles. The van der Waals surface area contributed by atoms with Crippen molar-refractivity contribution in [3.05, 3.63) is 53.0 Å². The molecular formula is C23H25BrN2O5. The van der Waals surface area contributed by atoms with Gasteiger partial charge in [-0.2, -0.15) is 0 Å². The Balaban J connectivity index is 1.18. The number of rotatable bonds is 6. The van der Waals surface area contributed by atoms with Crippen molar-refractivity contribution in [2.75, 3.05) is 39.4 Å². The molecule has 2 amide bonds. The van der Waals surface area contributed by atoms with Crippen LogP contribution in [0, 0.1) is 0 Å². The van der Waals surface area contributed by atoms with Gasteiger partial charge in [0.1, 0.15) is 12.4 Å². The van der Waals surface area contributed by atoms with Crippen molar-refractivity contribution in [3.8, 4) is 17.2 Å². The number of amides is 2. The molecule has 0 saturated carbocycles. The number of fused-ring (bicyclic) bond motifs is 1. The summed E-state index contributed by atoms with van der Waals surface area (Å²) in [6, 6.07) is 15.0. The van der Waals surface area contributed by atoms with Gasteiger partial charge in [-0.1, -0.05) is 34.1 Å². The van der Waals surface area contributed by atoms with E-state index in [4.69, 9.17) is 14.2 Å². The molecule has 2 heterocycles. The van der Waals surface area contributed by atoms with Gasteiger partial charge < -0.3 is 24.0 Å². The molecule has 31 heavy (non-hydrogen) atoms. The third-order valence-corrected chi connectivity index (χ3v) is 5.82. The maximum atomic E-state index is 12.8. The van der Waals surface area contributed by atoms with E-state index in [0.717, 1.165) is 10.2 Å². The molecule has 7 nitrogen and oxygen atoms in total. The van der Waals surface area contributed by atoms with E-state index >= 15 is 0 Å². The molecule has 0 N–H and O–H groups in total. The van der Waals surface area contributed by atoms with E-state index in [1.165, 1.54) is 0 Å². The Bertz CT molecular complexity index is 930. The molecule has 0 bridgehead atoms. The molecule has 2 aliphatic rings. The van der Waals surface area contributed by atoms with Gasteiger partial charge in [0.05, 0.1) is 6.61 Å². The standard InChI is InChI=1S/C23H25BrN2O5/c24-17-5-3-6-18(15-17)29-14-4-9-22(27)25-10-12-26(13-11-25)23(28)21-16-30-19-7-1-2-8-20(19)31-21/h1-3,5-8,15,21H,4,9-14,16H2/t21-/m0/s1. The van der Waals surface area contributed by atoms with Crippen molar-refractivity contribution in [2.45, 2.75) is 18.9 Å². The summed E-state index contributed by atoms with van der Waals surface area (Å²) < 4.78 is 18.1. The van der Waals surface area contributed by atoms with Crippen LogP contribution in [-0.2, 0) is 9.59 Å². The van der Waals surface area contributed by atoms with Crippen LogP contribution in [0.3, 0.4) is 0 Å². The van der Waals surface area contributed by atoms with Crippen LogP contribution in [0.4, 0.5) is 0 Å². The van der Waals surface area contributed by atoms with E-state index in [1.807, 2.05) is 47.4 Å². The molecule has 1 saturated heterocycles. The molecule has 0 aromatic heterocycles. The zero-order valence-corrected chi connectivity index (χ0v) is 18.8. The van der Waals surface area contributed by atoms with Crippen molar-refractivity contribution < 1.29 is 23.8 Å². The average Bonchev–Trinajstić information content (AvgIpc) is 2.81. The Labute approximate surface area is 190 Å². The molecule has 0 radical (unpaired) electrons. The summed E-state index contributed by atoms with van der Waals surface area (Å²) in [5, 5.41) is 0. The second-order valence-corrected chi connectivity index (χ2v) is 8.40. The lowest BCUT2D eigenvalue weighted by Gasteiger charge is -2.37. The number of hydrogen-bond acceptors (Lipinski definition) is 5. The maximum absolute atomic E-state index is 12.8. The quantitative estimate of drug-likeness (QED) is 0.584. The number of ether oxygens (including phenoxy) is 3. The molecule has 4 rings (SSSR count). The van der Waals surface area contributed by atoms with Crippen LogP contribution in [-0.4, -0.2) is 67.1 Å². The molecule has 0 unspecified atom stereocenters. The fraction of sp³-hybridized carbons (Fsp3) is 0.391. The lowest BCUT2D eigenvalue weighted by atomic mass is 10.2. The summed E-state index contributed by atoms with van der Waals surface area (Å²) in [5.74, 6) is 2.03. The third-order valence-electron chi connectivity index (χ3n) is 5.33. The van der Waals surface area contributed by atoms with Crippen LogP contribution in [0.1, 0.15) is 12.8 Å². The number of carbonyl (C=O) groups is 2. The lowest BCUT2D eigenvalue weighted by Crippen LogP contribution is -2.55. The molecular weight excluding hydrogens is 464 g/mol. The van der Waals surface area contributed by atoms with Gasteiger partial charge in [-0.15, -0.1) is 0 Å². The van der Waals surface area contributed by atoms with Gasteiger partial charge in [-0.05, 0) is 36.8 Å². The number of halogens is 1. The van der Waals surface area contributed by atoms with Crippen molar-refractivity contribution in [1.29, 1.82) is 0 Å². The average molecular weight is 489 g/mol. The SMILES string of the molecule is O=C(CCCOc1cccc(Br)c1)N1CCN(C(=O)[C@@H]2COc3ccccc3O2)CC1. The summed E-state index contributed by atoms with van der Waals surface area (Å²) in [7, 11) is 0. The normalized spacial score (nSPS) is 17.9. The van der Waals surface area contributed by atoms with E-state index < -0.39 is 6.10 Å². The highest BCUT2D eigenvalue weighted by Gasteiger charge is 2.33. The highest BCUT2D eigenvalue weighted by Crippen LogP contribution is 2.31. The minimum Gasteiger partial charge on any atom is -0.494 e. The van der Waals surface area contributed by atoms with Gasteiger partial charge in [0, 0.05) is 37.1 Å². The number of hydrogen-bond donors (Lipinski definition) is 0. The molecule has 8 heteroatoms. The fourth-order valence-electron chi connectivity index (χ4n) is 3.65. The molecule has 2 aromatic rings. The Hall–Kier alpha value is -2.74. The first-order valence-electron chi connectivity index (χ1n) is 10.4. The van der Waals surface area contributed by atoms with Crippen LogP contribution in [0.5, 0.6) is 17.2 Å². The summed E-state index contributed by atoms with van der Waals surface area (Å²) >= 11 is 3.41. The molecule has 2 aliphatic heterocycles. The Morgan fingerprint density at radius 3 is 2.52 bits per heavy atom. The predicted molar refractivity (Wildman–Crippen MR) is 118 cm³/mol. The molecule has 0 spiro atoms. The van der Waals surface area contributed by atoms with Crippen molar-refractivity contribution in [2.24, 2.45) is 0 Å². The Morgan fingerprint density at radius 2 is 1.74 bits per heavy atom. The minimum absolute atomic E-state index is 0.0935. The second-order valence-electron chi connectivity index (χ2n) is 7.48. The Kier molecular flexibility index (Phi) is 6.96. The number of piperazine rings is 1. The van der Waals surface area contributed by atoms with E-state index in [0.29, 0.717) is 57.1 Å². The van der Waals surface area contributed by atoms with E-state index in [-0.39, 0.29) is 18.4 Å². The summed E-state index contributed by atoms with van der Waals surface area (Å²) in [6.45, 7) is 2.75. The first-order valence-corrected chi connectivity index (χ1v) is 11.2. The lowest BCUT2D eigenvalue weighted by molar-refractivity contribution is -0.146. The van der Waals surface area contributed by atoms with Crippen molar-refractivity contribution >= 4 is 27.7 Å². The van der Waals surface area contributed by atoms with Gasteiger partial charge >= 0.3 is 0 Å². The van der Waals surface area contributed by atoms with Crippen LogP contribution >= 0.6 is 15.9 Å². The van der Waals surface area contributed by atoms with E-state index in [1.54, 1.807) is 11.0 Å². The third kappa shape index (κ3) is 5.50. The summed E-state index contributed by atoms with van der Waals surface area (Å²) in [4.78, 5) is 28.9. The highest BCUT2D eigenvalue weighted by molar-refractivity contribution is 9.10. The largest absolute Gasteiger partial charge is 0.494 e. The van der Waals surface area contributed by atoms with E-state index in [9.17, 15) is 9.59 Å². The van der Waals surface area contributed by atoms with Crippen LogP contribution < -0.4 is 14.2 Å². The minimum atomic E-state index is -0.646.